The first kappa shape index (κ1) is 31.2. The molecule has 0 fully saturated rings. The van der Waals surface area contributed by atoms with Gasteiger partial charge >= 0.3 is 0 Å². The lowest BCUT2D eigenvalue weighted by Crippen LogP contribution is -2.11. The number of benzene rings is 9. The van der Waals surface area contributed by atoms with Crippen molar-refractivity contribution in [3.8, 4) is 22.5 Å². The molecule has 0 bridgehead atoms. The Hall–Kier alpha value is -7.36. The standard InChI is InChI=1S/C52H35N3/c1-3-18-37(19-4-1)53(39-31-32-52-47(34-39)45-26-12-16-30-51(45)54(52)38-20-5-2-6-21-38)48-27-13-11-25-44(48)46-35-40(33-36-17-7-8-22-41(36)46)55-49-28-14-9-23-42(49)43-24-10-15-29-50(43)55/h1-35H. The van der Waals surface area contributed by atoms with Crippen LogP contribution < -0.4 is 4.90 Å². The van der Waals surface area contributed by atoms with Crippen LogP contribution in [0.25, 0.3) is 76.9 Å². The first-order valence-electron chi connectivity index (χ1n) is 18.9. The molecule has 0 atom stereocenters. The second-order valence-corrected chi connectivity index (χ2v) is 14.2. The van der Waals surface area contributed by atoms with Crippen molar-refractivity contribution in [2.75, 3.05) is 4.90 Å². The summed E-state index contributed by atoms with van der Waals surface area (Å²) in [7, 11) is 0. The number of hydrogen-bond donors (Lipinski definition) is 0. The lowest BCUT2D eigenvalue weighted by molar-refractivity contribution is 1.18. The number of rotatable bonds is 6. The van der Waals surface area contributed by atoms with Gasteiger partial charge in [0.05, 0.1) is 27.8 Å². The van der Waals surface area contributed by atoms with Crippen LogP contribution in [0.4, 0.5) is 17.1 Å². The molecule has 0 unspecified atom stereocenters. The molecule has 3 nitrogen and oxygen atoms in total. The van der Waals surface area contributed by atoms with E-state index in [4.69, 9.17) is 0 Å². The third-order valence-corrected chi connectivity index (χ3v) is 11.1. The van der Waals surface area contributed by atoms with Crippen molar-refractivity contribution in [1.82, 2.24) is 9.13 Å². The molecule has 2 heterocycles. The van der Waals surface area contributed by atoms with E-state index in [1.165, 1.54) is 59.9 Å². The second kappa shape index (κ2) is 12.6. The molecular formula is C52H35N3. The van der Waals surface area contributed by atoms with E-state index >= 15 is 0 Å². The van der Waals surface area contributed by atoms with Crippen molar-refractivity contribution >= 4 is 71.4 Å². The van der Waals surface area contributed by atoms with Crippen molar-refractivity contribution in [2.24, 2.45) is 0 Å². The number of fused-ring (bicyclic) bond motifs is 7. The summed E-state index contributed by atoms with van der Waals surface area (Å²) in [6.45, 7) is 0. The number of aromatic nitrogens is 2. The SMILES string of the molecule is c1ccc(N(c2ccc3c(c2)c2ccccc2n3-c2ccccc2)c2ccccc2-c2cc(-n3c4ccccc4c4ccccc43)cc3ccccc23)cc1. The topological polar surface area (TPSA) is 13.1 Å². The van der Waals surface area contributed by atoms with E-state index in [9.17, 15) is 0 Å². The van der Waals surface area contributed by atoms with Gasteiger partial charge in [0.1, 0.15) is 0 Å². The summed E-state index contributed by atoms with van der Waals surface area (Å²) in [5.41, 5.74) is 12.7. The summed E-state index contributed by atoms with van der Waals surface area (Å²) >= 11 is 0. The first-order chi connectivity index (χ1) is 27.3. The lowest BCUT2D eigenvalue weighted by Gasteiger charge is -2.28. The van der Waals surface area contributed by atoms with Crippen LogP contribution in [0.1, 0.15) is 0 Å². The number of para-hydroxylation sites is 6. The Morgan fingerprint density at radius 2 is 0.800 bits per heavy atom. The minimum absolute atomic E-state index is 1.10. The van der Waals surface area contributed by atoms with Gasteiger partial charge in [0, 0.05) is 49.9 Å². The van der Waals surface area contributed by atoms with E-state index in [2.05, 4.69) is 226 Å². The quantitative estimate of drug-likeness (QED) is 0.168. The maximum absolute atomic E-state index is 2.43. The fraction of sp³-hybridized carbons (Fsp3) is 0. The van der Waals surface area contributed by atoms with Crippen LogP contribution in [0.3, 0.4) is 0 Å². The Morgan fingerprint density at radius 1 is 0.291 bits per heavy atom. The highest BCUT2D eigenvalue weighted by atomic mass is 15.1. The Labute approximate surface area is 319 Å². The smallest absolute Gasteiger partial charge is 0.0542 e. The van der Waals surface area contributed by atoms with E-state index in [1.807, 2.05) is 0 Å². The molecule has 0 saturated carbocycles. The zero-order valence-electron chi connectivity index (χ0n) is 30.0. The van der Waals surface area contributed by atoms with Gasteiger partial charge in [0.25, 0.3) is 0 Å². The molecule has 0 radical (unpaired) electrons. The molecule has 0 aliphatic carbocycles. The van der Waals surface area contributed by atoms with Gasteiger partial charge < -0.3 is 14.0 Å². The van der Waals surface area contributed by atoms with Gasteiger partial charge in [-0.25, -0.2) is 0 Å². The number of hydrogen-bond acceptors (Lipinski definition) is 1. The van der Waals surface area contributed by atoms with Gasteiger partial charge in [-0.05, 0) is 95.2 Å². The van der Waals surface area contributed by atoms with Crippen LogP contribution >= 0.6 is 0 Å². The molecule has 3 heteroatoms. The average molecular weight is 702 g/mol. The molecule has 11 aromatic rings. The normalized spacial score (nSPS) is 11.6. The minimum Gasteiger partial charge on any atom is -0.310 e. The number of nitrogens with zero attached hydrogens (tertiary/aromatic N) is 3. The van der Waals surface area contributed by atoms with E-state index in [1.54, 1.807) is 0 Å². The van der Waals surface area contributed by atoms with Gasteiger partial charge in [0.2, 0.25) is 0 Å². The maximum atomic E-state index is 2.43. The van der Waals surface area contributed by atoms with E-state index in [0.29, 0.717) is 0 Å². The van der Waals surface area contributed by atoms with Crippen molar-refractivity contribution in [1.29, 1.82) is 0 Å². The van der Waals surface area contributed by atoms with Crippen LogP contribution in [-0.2, 0) is 0 Å². The zero-order chi connectivity index (χ0) is 36.3. The molecule has 11 rings (SSSR count). The molecule has 2 aromatic heterocycles. The molecule has 0 saturated heterocycles. The highest BCUT2D eigenvalue weighted by Crippen LogP contribution is 2.45. The summed E-state index contributed by atoms with van der Waals surface area (Å²) in [4.78, 5) is 2.42. The van der Waals surface area contributed by atoms with Crippen LogP contribution in [0.2, 0.25) is 0 Å². The lowest BCUT2D eigenvalue weighted by atomic mass is 9.95. The Kier molecular flexibility index (Phi) is 7.17. The summed E-state index contributed by atoms with van der Waals surface area (Å²) in [5.74, 6) is 0. The Bertz CT molecular complexity index is 3150. The van der Waals surface area contributed by atoms with Crippen LogP contribution in [0, 0.1) is 0 Å². The molecule has 0 aliphatic rings. The van der Waals surface area contributed by atoms with Gasteiger partial charge in [-0.15, -0.1) is 0 Å². The second-order valence-electron chi connectivity index (χ2n) is 14.2. The van der Waals surface area contributed by atoms with E-state index in [0.717, 1.165) is 34.0 Å². The van der Waals surface area contributed by atoms with Crippen molar-refractivity contribution in [3.63, 3.8) is 0 Å². The summed E-state index contributed by atoms with van der Waals surface area (Å²) in [6, 6.07) is 77.0. The highest BCUT2D eigenvalue weighted by Gasteiger charge is 2.22. The third kappa shape index (κ3) is 4.98. The fourth-order valence-electron chi connectivity index (χ4n) is 8.70. The van der Waals surface area contributed by atoms with E-state index < -0.39 is 0 Å². The molecule has 258 valence electrons. The van der Waals surface area contributed by atoms with Crippen molar-refractivity contribution in [3.05, 3.63) is 212 Å². The largest absolute Gasteiger partial charge is 0.310 e. The third-order valence-electron chi connectivity index (χ3n) is 11.1. The minimum atomic E-state index is 1.10. The monoisotopic (exact) mass is 701 g/mol. The molecule has 9 aromatic carbocycles. The van der Waals surface area contributed by atoms with Gasteiger partial charge in [-0.2, -0.15) is 0 Å². The van der Waals surface area contributed by atoms with Crippen molar-refractivity contribution in [2.45, 2.75) is 0 Å². The highest BCUT2D eigenvalue weighted by molar-refractivity contribution is 6.12. The van der Waals surface area contributed by atoms with Gasteiger partial charge in [-0.1, -0.05) is 133 Å². The van der Waals surface area contributed by atoms with Crippen LogP contribution in [0.5, 0.6) is 0 Å². The number of anilines is 3. The average Bonchev–Trinajstić information content (AvgIpc) is 3.77. The first-order valence-corrected chi connectivity index (χ1v) is 18.9. The predicted molar refractivity (Wildman–Crippen MR) is 233 cm³/mol. The Balaban J connectivity index is 1.17. The van der Waals surface area contributed by atoms with Crippen LogP contribution in [0.15, 0.2) is 212 Å². The fourth-order valence-corrected chi connectivity index (χ4v) is 8.70. The molecular weight excluding hydrogens is 667 g/mol. The molecule has 0 amide bonds. The molecule has 55 heavy (non-hydrogen) atoms. The molecule has 0 N–H and O–H groups in total. The van der Waals surface area contributed by atoms with Gasteiger partial charge in [0.15, 0.2) is 0 Å². The summed E-state index contributed by atoms with van der Waals surface area (Å²) < 4.78 is 4.80. The predicted octanol–water partition coefficient (Wildman–Crippen LogP) is 14.2. The molecule has 0 aliphatic heterocycles. The zero-order valence-corrected chi connectivity index (χ0v) is 30.0. The van der Waals surface area contributed by atoms with Gasteiger partial charge in [-0.3, -0.25) is 0 Å². The Morgan fingerprint density at radius 3 is 1.49 bits per heavy atom. The van der Waals surface area contributed by atoms with Crippen molar-refractivity contribution < 1.29 is 0 Å². The van der Waals surface area contributed by atoms with E-state index in [-0.39, 0.29) is 0 Å². The summed E-state index contributed by atoms with van der Waals surface area (Å²) in [6.07, 6.45) is 0. The molecule has 0 spiro atoms. The summed E-state index contributed by atoms with van der Waals surface area (Å²) in [5, 5.41) is 7.38. The maximum Gasteiger partial charge on any atom is 0.0542 e. The van der Waals surface area contributed by atoms with Crippen LogP contribution in [-0.4, -0.2) is 9.13 Å².